The number of nitrogens with zero attached hydrogens (tertiary/aromatic N) is 1. The van der Waals surface area contributed by atoms with Crippen LogP contribution in [-0.2, 0) is 9.63 Å². The standard InChI is InChI=1S/C14H11Br2NO3/c1-8-7-10(11(15)12(16)13(8)18)17-20-14(19)9-5-3-2-4-6-9/h2-7,11-12H,1H3/b17-10-. The maximum absolute atomic E-state index is 11.8. The first-order valence-corrected chi connectivity index (χ1v) is 7.69. The van der Waals surface area contributed by atoms with Crippen LogP contribution in [0.25, 0.3) is 0 Å². The molecule has 1 aliphatic carbocycles. The molecule has 0 N–H and O–H groups in total. The van der Waals surface area contributed by atoms with Gasteiger partial charge in [0.15, 0.2) is 5.78 Å². The third-order valence-corrected chi connectivity index (χ3v) is 5.44. The Labute approximate surface area is 133 Å². The Morgan fingerprint density at radius 3 is 2.50 bits per heavy atom. The molecule has 20 heavy (non-hydrogen) atoms. The van der Waals surface area contributed by atoms with Gasteiger partial charge in [0.1, 0.15) is 0 Å². The summed E-state index contributed by atoms with van der Waals surface area (Å²) in [5.74, 6) is -0.549. The van der Waals surface area contributed by atoms with Gasteiger partial charge in [0.2, 0.25) is 0 Å². The monoisotopic (exact) mass is 399 g/mol. The molecule has 104 valence electrons. The molecule has 0 saturated carbocycles. The molecular formula is C14H11Br2NO3. The number of alkyl halides is 2. The van der Waals surface area contributed by atoms with Crippen LogP contribution in [0.5, 0.6) is 0 Å². The van der Waals surface area contributed by atoms with E-state index in [1.165, 1.54) is 0 Å². The van der Waals surface area contributed by atoms with Gasteiger partial charge in [0.05, 0.1) is 20.9 Å². The summed E-state index contributed by atoms with van der Waals surface area (Å²) >= 11 is 6.65. The van der Waals surface area contributed by atoms with Gasteiger partial charge in [0, 0.05) is 0 Å². The Bertz CT molecular complexity index is 596. The zero-order valence-electron chi connectivity index (χ0n) is 10.5. The largest absolute Gasteiger partial charge is 0.365 e. The third kappa shape index (κ3) is 3.24. The zero-order chi connectivity index (χ0) is 14.7. The van der Waals surface area contributed by atoms with E-state index in [2.05, 4.69) is 37.0 Å². The number of ketones is 1. The number of hydrogen-bond acceptors (Lipinski definition) is 4. The van der Waals surface area contributed by atoms with Crippen molar-refractivity contribution in [3.63, 3.8) is 0 Å². The van der Waals surface area contributed by atoms with Crippen molar-refractivity contribution in [2.75, 3.05) is 0 Å². The molecule has 0 fully saturated rings. The zero-order valence-corrected chi connectivity index (χ0v) is 13.7. The summed E-state index contributed by atoms with van der Waals surface area (Å²) in [6.07, 6.45) is 1.61. The highest BCUT2D eigenvalue weighted by molar-refractivity contribution is 9.12. The second-order valence-electron chi connectivity index (χ2n) is 4.26. The molecule has 4 nitrogen and oxygen atoms in total. The van der Waals surface area contributed by atoms with Crippen LogP contribution in [0.2, 0.25) is 0 Å². The maximum Gasteiger partial charge on any atom is 0.365 e. The summed E-state index contributed by atoms with van der Waals surface area (Å²) in [6, 6.07) is 8.59. The van der Waals surface area contributed by atoms with E-state index < -0.39 is 10.8 Å². The van der Waals surface area contributed by atoms with Gasteiger partial charge in [-0.15, -0.1) is 0 Å². The lowest BCUT2D eigenvalue weighted by molar-refractivity contribution is -0.114. The molecule has 0 bridgehead atoms. The Morgan fingerprint density at radius 2 is 1.85 bits per heavy atom. The van der Waals surface area contributed by atoms with Gasteiger partial charge in [0.25, 0.3) is 0 Å². The highest BCUT2D eigenvalue weighted by atomic mass is 79.9. The molecule has 2 atom stereocenters. The van der Waals surface area contributed by atoms with Crippen LogP contribution < -0.4 is 0 Å². The molecule has 2 unspecified atom stereocenters. The molecule has 0 radical (unpaired) electrons. The first-order chi connectivity index (χ1) is 9.50. The number of benzene rings is 1. The van der Waals surface area contributed by atoms with Gasteiger partial charge < -0.3 is 4.84 Å². The van der Waals surface area contributed by atoms with E-state index in [9.17, 15) is 9.59 Å². The quantitative estimate of drug-likeness (QED) is 0.435. The highest BCUT2D eigenvalue weighted by Gasteiger charge is 2.32. The fourth-order valence-electron chi connectivity index (χ4n) is 1.67. The van der Waals surface area contributed by atoms with Crippen molar-refractivity contribution < 1.29 is 14.4 Å². The van der Waals surface area contributed by atoms with Crippen LogP contribution in [-0.4, -0.2) is 27.1 Å². The van der Waals surface area contributed by atoms with E-state index in [0.717, 1.165) is 0 Å². The van der Waals surface area contributed by atoms with Crippen molar-refractivity contribution in [3.05, 3.63) is 47.5 Å². The summed E-state index contributed by atoms with van der Waals surface area (Å²) in [4.78, 5) is 27.7. The predicted octanol–water partition coefficient (Wildman–Crippen LogP) is 3.26. The smallest absolute Gasteiger partial charge is 0.313 e. The predicted molar refractivity (Wildman–Crippen MR) is 83.5 cm³/mol. The van der Waals surface area contributed by atoms with E-state index >= 15 is 0 Å². The third-order valence-electron chi connectivity index (χ3n) is 2.79. The summed E-state index contributed by atoms with van der Waals surface area (Å²) in [7, 11) is 0. The summed E-state index contributed by atoms with van der Waals surface area (Å²) in [5.41, 5.74) is 1.48. The van der Waals surface area contributed by atoms with E-state index in [-0.39, 0.29) is 10.6 Å². The fourth-order valence-corrected chi connectivity index (χ4v) is 2.76. The highest BCUT2D eigenvalue weighted by Crippen LogP contribution is 2.25. The number of hydrogen-bond donors (Lipinski definition) is 0. The van der Waals surface area contributed by atoms with E-state index in [4.69, 9.17) is 4.84 Å². The molecule has 0 spiro atoms. The Kier molecular flexibility index (Phi) is 4.88. The number of allylic oxidation sites excluding steroid dienone is 2. The first kappa shape index (κ1) is 15.1. The van der Waals surface area contributed by atoms with Crippen LogP contribution in [0, 0.1) is 0 Å². The lowest BCUT2D eigenvalue weighted by atomic mass is 9.98. The Morgan fingerprint density at radius 1 is 1.20 bits per heavy atom. The van der Waals surface area contributed by atoms with E-state index in [1.807, 2.05) is 6.07 Å². The van der Waals surface area contributed by atoms with Crippen molar-refractivity contribution in [1.82, 2.24) is 0 Å². The number of halogens is 2. The summed E-state index contributed by atoms with van der Waals surface area (Å²) in [6.45, 7) is 1.70. The van der Waals surface area contributed by atoms with Gasteiger partial charge in [-0.2, -0.15) is 0 Å². The molecule has 0 saturated heterocycles. The van der Waals surface area contributed by atoms with Gasteiger partial charge in [-0.3, -0.25) is 4.79 Å². The number of carbonyl (C=O) groups is 2. The van der Waals surface area contributed by atoms with E-state index in [1.54, 1.807) is 37.3 Å². The number of rotatable bonds is 2. The average molecular weight is 401 g/mol. The van der Waals surface area contributed by atoms with Gasteiger partial charge in [-0.1, -0.05) is 55.2 Å². The lowest BCUT2D eigenvalue weighted by Crippen LogP contribution is -2.35. The molecule has 1 aromatic rings. The normalized spacial score (nSPS) is 24.4. The van der Waals surface area contributed by atoms with Crippen LogP contribution in [0.15, 0.2) is 47.1 Å². The Balaban J connectivity index is 2.16. The molecule has 0 amide bonds. The first-order valence-electron chi connectivity index (χ1n) is 5.85. The number of Topliss-reactive ketones (excluding diaryl/α,β-unsaturated/α-hetero) is 1. The molecule has 0 aliphatic heterocycles. The summed E-state index contributed by atoms with van der Waals surface area (Å²) in [5, 5.41) is 3.84. The van der Waals surface area contributed by atoms with Crippen molar-refractivity contribution >= 4 is 49.3 Å². The molecule has 2 rings (SSSR count). The molecular weight excluding hydrogens is 390 g/mol. The SMILES string of the molecule is CC1=C/C(=N/OC(=O)c2ccccc2)C(Br)C(Br)C1=O. The fraction of sp³-hybridized carbons (Fsp3) is 0.214. The second kappa shape index (κ2) is 6.45. The average Bonchev–Trinajstić information content (AvgIpc) is 2.48. The molecule has 0 aromatic heterocycles. The minimum atomic E-state index is -0.535. The minimum absolute atomic E-state index is 0.0137. The summed E-state index contributed by atoms with van der Waals surface area (Å²) < 4.78 is 0. The van der Waals surface area contributed by atoms with Gasteiger partial charge in [-0.25, -0.2) is 4.79 Å². The molecule has 0 heterocycles. The van der Waals surface area contributed by atoms with Gasteiger partial charge >= 0.3 is 5.97 Å². The minimum Gasteiger partial charge on any atom is -0.313 e. The maximum atomic E-state index is 11.8. The van der Waals surface area contributed by atoms with Crippen molar-refractivity contribution in [3.8, 4) is 0 Å². The van der Waals surface area contributed by atoms with Crippen LogP contribution in [0.4, 0.5) is 0 Å². The lowest BCUT2D eigenvalue weighted by Gasteiger charge is -2.20. The molecule has 6 heteroatoms. The van der Waals surface area contributed by atoms with Crippen LogP contribution >= 0.6 is 31.9 Å². The second-order valence-corrected chi connectivity index (χ2v) is 6.23. The van der Waals surface area contributed by atoms with Crippen LogP contribution in [0.1, 0.15) is 17.3 Å². The molecule has 1 aliphatic rings. The Hall–Kier alpha value is -1.27. The van der Waals surface area contributed by atoms with Crippen molar-refractivity contribution in [1.29, 1.82) is 0 Å². The van der Waals surface area contributed by atoms with E-state index in [0.29, 0.717) is 16.8 Å². The van der Waals surface area contributed by atoms with Crippen LogP contribution in [0.3, 0.4) is 0 Å². The van der Waals surface area contributed by atoms with Crippen molar-refractivity contribution in [2.45, 2.75) is 16.6 Å². The topological polar surface area (TPSA) is 55.7 Å². The van der Waals surface area contributed by atoms with Crippen molar-refractivity contribution in [2.24, 2.45) is 5.16 Å². The van der Waals surface area contributed by atoms with Gasteiger partial charge in [-0.05, 0) is 30.7 Å². The number of carbonyl (C=O) groups excluding carboxylic acids is 2. The molecule has 1 aromatic carbocycles. The number of oxime groups is 1.